The highest BCUT2D eigenvalue weighted by Crippen LogP contribution is 2.12. The molecule has 1 aliphatic heterocycles. The molecular weight excluding hydrogens is 230 g/mol. The Bertz CT molecular complexity index is 436. The molecule has 1 heterocycles. The monoisotopic (exact) mass is 247 g/mol. The predicted octanol–water partition coefficient (Wildman–Crippen LogP) is 0.405. The summed E-state index contributed by atoms with van der Waals surface area (Å²) >= 11 is 0. The molecule has 0 bridgehead atoms. The summed E-state index contributed by atoms with van der Waals surface area (Å²) in [5.41, 5.74) is 6.69. The summed E-state index contributed by atoms with van der Waals surface area (Å²) in [7, 11) is 0. The maximum absolute atomic E-state index is 11.8. The first-order valence-electron chi connectivity index (χ1n) is 6.06. The van der Waals surface area contributed by atoms with Crippen LogP contribution in [0, 0.1) is 0 Å². The minimum atomic E-state index is -0.359. The van der Waals surface area contributed by atoms with Crippen molar-refractivity contribution in [2.45, 2.75) is 25.3 Å². The fourth-order valence-electron chi connectivity index (χ4n) is 2.04. The van der Waals surface area contributed by atoms with Crippen molar-refractivity contribution in [3.63, 3.8) is 0 Å². The average Bonchev–Trinajstić information content (AvgIpc) is 2.84. The van der Waals surface area contributed by atoms with Crippen LogP contribution in [0.1, 0.15) is 18.4 Å². The number of nitrogens with one attached hydrogen (secondary N) is 2. The number of nitrogens with two attached hydrogens (primary N) is 1. The molecule has 0 aliphatic carbocycles. The Balaban J connectivity index is 1.93. The molecule has 5 heteroatoms. The zero-order chi connectivity index (χ0) is 13.0. The zero-order valence-electron chi connectivity index (χ0n) is 10.1. The molecule has 5 nitrogen and oxygen atoms in total. The number of rotatable bonds is 4. The van der Waals surface area contributed by atoms with E-state index in [1.165, 1.54) is 0 Å². The zero-order valence-corrected chi connectivity index (χ0v) is 10.1. The van der Waals surface area contributed by atoms with Crippen LogP contribution in [0.3, 0.4) is 0 Å². The highest BCUT2D eigenvalue weighted by atomic mass is 16.2. The molecule has 0 spiro atoms. The molecular formula is C13H17N3O2. The van der Waals surface area contributed by atoms with Gasteiger partial charge in [-0.25, -0.2) is 0 Å². The van der Waals surface area contributed by atoms with Crippen LogP contribution in [0.4, 0.5) is 5.69 Å². The summed E-state index contributed by atoms with van der Waals surface area (Å²) < 4.78 is 0. The van der Waals surface area contributed by atoms with Crippen molar-refractivity contribution in [1.29, 1.82) is 0 Å². The van der Waals surface area contributed by atoms with E-state index in [4.69, 9.17) is 5.73 Å². The summed E-state index contributed by atoms with van der Waals surface area (Å²) in [4.78, 5) is 22.6. The van der Waals surface area contributed by atoms with Crippen LogP contribution < -0.4 is 16.4 Å². The summed E-state index contributed by atoms with van der Waals surface area (Å²) in [5, 5.41) is 5.99. The Labute approximate surface area is 106 Å². The molecule has 2 amide bonds. The lowest BCUT2D eigenvalue weighted by Gasteiger charge is -2.11. The molecule has 1 atom stereocenters. The summed E-state index contributed by atoms with van der Waals surface area (Å²) in [5.74, 6) is -0.364. The standard InChI is InChI=1S/C13H17N3O2/c14-12(17)8-9-3-5-10(6-4-9)16-13(18)11-2-1-7-15-11/h3-6,11,15H,1-2,7-8H2,(H2,14,17)(H,16,18). The van der Waals surface area contributed by atoms with Crippen molar-refractivity contribution in [2.75, 3.05) is 11.9 Å². The number of carbonyl (C=O) groups excluding carboxylic acids is 2. The molecule has 4 N–H and O–H groups in total. The van der Waals surface area contributed by atoms with Crippen molar-refractivity contribution in [3.8, 4) is 0 Å². The SMILES string of the molecule is NC(=O)Cc1ccc(NC(=O)C2CCCN2)cc1. The van der Waals surface area contributed by atoms with Gasteiger partial charge in [0.25, 0.3) is 0 Å². The maximum atomic E-state index is 11.8. The van der Waals surface area contributed by atoms with Crippen LogP contribution in [0.5, 0.6) is 0 Å². The fourth-order valence-corrected chi connectivity index (χ4v) is 2.04. The van der Waals surface area contributed by atoms with Gasteiger partial charge >= 0.3 is 0 Å². The molecule has 0 aromatic heterocycles. The van der Waals surface area contributed by atoms with Gasteiger partial charge in [0.1, 0.15) is 0 Å². The number of benzene rings is 1. The van der Waals surface area contributed by atoms with Gasteiger partial charge in [0, 0.05) is 5.69 Å². The minimum absolute atomic E-state index is 0.00449. The average molecular weight is 247 g/mol. The number of anilines is 1. The molecule has 1 aromatic rings. The van der Waals surface area contributed by atoms with Crippen LogP contribution in [0.25, 0.3) is 0 Å². The van der Waals surface area contributed by atoms with Crippen molar-refractivity contribution >= 4 is 17.5 Å². The van der Waals surface area contributed by atoms with Gasteiger partial charge in [-0.05, 0) is 37.1 Å². The van der Waals surface area contributed by atoms with Gasteiger partial charge < -0.3 is 16.4 Å². The second kappa shape index (κ2) is 5.64. The quantitative estimate of drug-likeness (QED) is 0.720. The Morgan fingerprint density at radius 1 is 1.33 bits per heavy atom. The lowest BCUT2D eigenvalue weighted by Crippen LogP contribution is -2.35. The van der Waals surface area contributed by atoms with E-state index in [1.54, 1.807) is 24.3 Å². The highest BCUT2D eigenvalue weighted by molar-refractivity contribution is 5.95. The van der Waals surface area contributed by atoms with Gasteiger partial charge in [-0.3, -0.25) is 9.59 Å². The van der Waals surface area contributed by atoms with Gasteiger partial charge in [0.2, 0.25) is 11.8 Å². The van der Waals surface area contributed by atoms with Gasteiger partial charge in [-0.2, -0.15) is 0 Å². The Kier molecular flexibility index (Phi) is 3.94. The predicted molar refractivity (Wildman–Crippen MR) is 69.0 cm³/mol. The third-order valence-corrected chi connectivity index (χ3v) is 2.98. The molecule has 96 valence electrons. The van der Waals surface area contributed by atoms with Crippen molar-refractivity contribution in [2.24, 2.45) is 5.73 Å². The number of hydrogen-bond donors (Lipinski definition) is 3. The topological polar surface area (TPSA) is 84.2 Å². The first-order chi connectivity index (χ1) is 8.65. The molecule has 1 saturated heterocycles. The molecule has 1 aliphatic rings. The van der Waals surface area contributed by atoms with Gasteiger partial charge in [0.05, 0.1) is 12.5 Å². The molecule has 0 saturated carbocycles. The maximum Gasteiger partial charge on any atom is 0.241 e. The number of amides is 2. The Morgan fingerprint density at radius 3 is 2.61 bits per heavy atom. The lowest BCUT2D eigenvalue weighted by atomic mass is 10.1. The van der Waals surface area contributed by atoms with Crippen LogP contribution in [-0.4, -0.2) is 24.4 Å². The summed E-state index contributed by atoms with van der Waals surface area (Å²) in [6.45, 7) is 0.898. The summed E-state index contributed by atoms with van der Waals surface area (Å²) in [6.07, 6.45) is 2.14. The normalized spacial score (nSPS) is 18.6. The van der Waals surface area contributed by atoms with E-state index in [1.807, 2.05) is 0 Å². The van der Waals surface area contributed by atoms with Crippen molar-refractivity contribution in [1.82, 2.24) is 5.32 Å². The van der Waals surface area contributed by atoms with Crippen LogP contribution in [-0.2, 0) is 16.0 Å². The molecule has 1 unspecified atom stereocenters. The minimum Gasteiger partial charge on any atom is -0.369 e. The molecule has 1 aromatic carbocycles. The molecule has 0 radical (unpaired) electrons. The number of carbonyl (C=O) groups is 2. The van der Waals surface area contributed by atoms with E-state index in [2.05, 4.69) is 10.6 Å². The first-order valence-corrected chi connectivity index (χ1v) is 6.06. The van der Waals surface area contributed by atoms with Gasteiger partial charge in [-0.15, -0.1) is 0 Å². The summed E-state index contributed by atoms with van der Waals surface area (Å²) in [6, 6.07) is 7.07. The number of primary amides is 1. The van der Waals surface area contributed by atoms with Crippen LogP contribution >= 0.6 is 0 Å². The van der Waals surface area contributed by atoms with Crippen LogP contribution in [0.15, 0.2) is 24.3 Å². The second-order valence-electron chi connectivity index (χ2n) is 4.48. The van der Waals surface area contributed by atoms with E-state index in [0.29, 0.717) is 0 Å². The highest BCUT2D eigenvalue weighted by Gasteiger charge is 2.21. The van der Waals surface area contributed by atoms with Crippen molar-refractivity contribution < 1.29 is 9.59 Å². The lowest BCUT2D eigenvalue weighted by molar-refractivity contribution is -0.118. The van der Waals surface area contributed by atoms with Gasteiger partial charge in [-0.1, -0.05) is 12.1 Å². The van der Waals surface area contributed by atoms with E-state index in [0.717, 1.165) is 30.6 Å². The van der Waals surface area contributed by atoms with E-state index >= 15 is 0 Å². The fraction of sp³-hybridized carbons (Fsp3) is 0.385. The van der Waals surface area contributed by atoms with E-state index < -0.39 is 0 Å². The van der Waals surface area contributed by atoms with E-state index in [9.17, 15) is 9.59 Å². The molecule has 1 fully saturated rings. The molecule has 2 rings (SSSR count). The van der Waals surface area contributed by atoms with Crippen molar-refractivity contribution in [3.05, 3.63) is 29.8 Å². The third kappa shape index (κ3) is 3.30. The Morgan fingerprint density at radius 2 is 2.06 bits per heavy atom. The largest absolute Gasteiger partial charge is 0.369 e. The molecule has 18 heavy (non-hydrogen) atoms. The number of hydrogen-bond acceptors (Lipinski definition) is 3. The van der Waals surface area contributed by atoms with E-state index in [-0.39, 0.29) is 24.3 Å². The third-order valence-electron chi connectivity index (χ3n) is 2.98. The second-order valence-corrected chi connectivity index (χ2v) is 4.48. The Hall–Kier alpha value is -1.88. The first kappa shape index (κ1) is 12.6. The smallest absolute Gasteiger partial charge is 0.241 e. The van der Waals surface area contributed by atoms with Crippen LogP contribution in [0.2, 0.25) is 0 Å². The van der Waals surface area contributed by atoms with Gasteiger partial charge in [0.15, 0.2) is 0 Å².